The van der Waals surface area contributed by atoms with Crippen molar-refractivity contribution in [1.82, 2.24) is 9.55 Å². The van der Waals surface area contributed by atoms with Crippen LogP contribution in [0.2, 0.25) is 0 Å². The van der Waals surface area contributed by atoms with Gasteiger partial charge in [-0.2, -0.15) is 4.39 Å². The molecule has 0 amide bonds. The van der Waals surface area contributed by atoms with Crippen molar-refractivity contribution in [3.63, 3.8) is 0 Å². The van der Waals surface area contributed by atoms with Crippen LogP contribution < -0.4 is 11.2 Å². The third-order valence-corrected chi connectivity index (χ3v) is 3.74. The lowest BCUT2D eigenvalue weighted by atomic mass is 10.1. The minimum Gasteiger partial charge on any atom is -0.390 e. The zero-order valence-electron chi connectivity index (χ0n) is 11.2. The highest BCUT2D eigenvalue weighted by Crippen LogP contribution is 2.41. The Hall–Kier alpha value is -1.36. The van der Waals surface area contributed by atoms with Crippen molar-refractivity contribution < 1.29 is 33.1 Å². The molecule has 0 aromatic carbocycles. The number of aliphatic hydroxyl groups excluding tert-OH is 1. The quantitative estimate of drug-likeness (QED) is 0.500. The van der Waals surface area contributed by atoms with Gasteiger partial charge in [-0.25, -0.2) is 9.36 Å². The summed E-state index contributed by atoms with van der Waals surface area (Å²) in [6.45, 7) is 1.27. The molecule has 12 heteroatoms. The lowest BCUT2D eigenvalue weighted by Crippen LogP contribution is -2.35. The molecule has 1 unspecified atom stereocenters. The fourth-order valence-electron chi connectivity index (χ4n) is 2.22. The first-order valence-electron chi connectivity index (χ1n) is 6.17. The Bertz CT molecular complexity index is 712. The molecule has 1 aromatic heterocycles. The topological polar surface area (TPSA) is 151 Å². The largest absolute Gasteiger partial charge is 0.469 e. The Labute approximate surface area is 122 Å². The van der Waals surface area contributed by atoms with Gasteiger partial charge in [0.2, 0.25) is 5.82 Å². The van der Waals surface area contributed by atoms with E-state index in [0.717, 1.165) is 4.57 Å². The number of H-pyrrole nitrogens is 1. The van der Waals surface area contributed by atoms with Gasteiger partial charge in [-0.1, -0.05) is 0 Å². The molecule has 1 aliphatic rings. The third-order valence-electron chi connectivity index (χ3n) is 3.14. The number of hydrogen-bond donors (Lipinski definition) is 4. The van der Waals surface area contributed by atoms with E-state index < -0.39 is 49.4 Å². The predicted molar refractivity (Wildman–Crippen MR) is 68.4 cm³/mol. The van der Waals surface area contributed by atoms with E-state index in [1.807, 2.05) is 0 Å². The number of halogens is 1. The predicted octanol–water partition coefficient (Wildman–Crippen LogP) is -1.18. The number of hydrogen-bond acceptors (Lipinski definition) is 6. The smallest absolute Gasteiger partial charge is 0.390 e. The summed E-state index contributed by atoms with van der Waals surface area (Å²) >= 11 is 0. The molecule has 10 nitrogen and oxygen atoms in total. The van der Waals surface area contributed by atoms with Gasteiger partial charge in [0.25, 0.3) is 5.56 Å². The SMILES string of the molecule is C[C@@H](OP(=O)(O)O)[C@H]1O[C@@H](n2cc(F)c(=O)[nH]c2=O)CC1O. The van der Waals surface area contributed by atoms with Crippen molar-refractivity contribution in [2.75, 3.05) is 0 Å². The number of aromatic amines is 1. The summed E-state index contributed by atoms with van der Waals surface area (Å²) in [6, 6.07) is 0. The molecule has 22 heavy (non-hydrogen) atoms. The number of nitrogens with zero attached hydrogens (tertiary/aromatic N) is 1. The van der Waals surface area contributed by atoms with E-state index in [9.17, 15) is 23.7 Å². The molecule has 1 saturated heterocycles. The summed E-state index contributed by atoms with van der Waals surface area (Å²) < 4.78 is 34.5. The van der Waals surface area contributed by atoms with Crippen LogP contribution >= 0.6 is 7.82 Å². The highest BCUT2D eigenvalue weighted by Gasteiger charge is 2.41. The van der Waals surface area contributed by atoms with E-state index in [2.05, 4.69) is 4.52 Å². The van der Waals surface area contributed by atoms with E-state index in [-0.39, 0.29) is 6.42 Å². The lowest BCUT2D eigenvalue weighted by molar-refractivity contribution is -0.0750. The van der Waals surface area contributed by atoms with Gasteiger partial charge in [0, 0.05) is 6.42 Å². The van der Waals surface area contributed by atoms with Crippen LogP contribution in [0.15, 0.2) is 15.8 Å². The summed E-state index contributed by atoms with van der Waals surface area (Å²) in [4.78, 5) is 41.8. The molecule has 2 heterocycles. The van der Waals surface area contributed by atoms with Crippen LogP contribution in [0.5, 0.6) is 0 Å². The molecular weight excluding hydrogens is 326 g/mol. The molecule has 0 saturated carbocycles. The molecule has 4 atom stereocenters. The van der Waals surface area contributed by atoms with Crippen LogP contribution in [0, 0.1) is 5.82 Å². The fourth-order valence-corrected chi connectivity index (χ4v) is 2.78. The van der Waals surface area contributed by atoms with Crippen molar-refractivity contribution in [3.8, 4) is 0 Å². The Balaban J connectivity index is 2.21. The first-order valence-corrected chi connectivity index (χ1v) is 7.70. The average molecular weight is 340 g/mol. The molecular formula is C10H14FN2O8P. The maximum Gasteiger partial charge on any atom is 0.469 e. The summed E-state index contributed by atoms with van der Waals surface area (Å²) in [5.74, 6) is -1.21. The van der Waals surface area contributed by atoms with Crippen molar-refractivity contribution in [1.29, 1.82) is 0 Å². The van der Waals surface area contributed by atoms with Gasteiger partial charge in [0.1, 0.15) is 12.3 Å². The van der Waals surface area contributed by atoms with Gasteiger partial charge in [0.15, 0.2) is 0 Å². The number of aliphatic hydroxyl groups is 1. The van der Waals surface area contributed by atoms with Crippen LogP contribution in [0.4, 0.5) is 4.39 Å². The number of rotatable bonds is 4. The van der Waals surface area contributed by atoms with Gasteiger partial charge in [-0.15, -0.1) is 0 Å². The zero-order chi connectivity index (χ0) is 16.7. The molecule has 1 fully saturated rings. The zero-order valence-corrected chi connectivity index (χ0v) is 12.1. The van der Waals surface area contributed by atoms with Crippen LogP contribution in [-0.2, 0) is 13.8 Å². The second-order valence-corrected chi connectivity index (χ2v) is 6.00. The molecule has 0 spiro atoms. The second kappa shape index (κ2) is 6.03. The number of phosphoric acid groups is 1. The Morgan fingerprint density at radius 3 is 2.77 bits per heavy atom. The summed E-state index contributed by atoms with van der Waals surface area (Å²) in [7, 11) is -4.78. The van der Waals surface area contributed by atoms with Crippen molar-refractivity contribution in [3.05, 3.63) is 32.9 Å². The molecule has 124 valence electrons. The van der Waals surface area contributed by atoms with Crippen molar-refractivity contribution in [2.24, 2.45) is 0 Å². The maximum atomic E-state index is 13.2. The number of ether oxygens (including phenoxy) is 1. The highest BCUT2D eigenvalue weighted by molar-refractivity contribution is 7.46. The van der Waals surface area contributed by atoms with Crippen LogP contribution in [0.25, 0.3) is 0 Å². The monoisotopic (exact) mass is 340 g/mol. The van der Waals surface area contributed by atoms with E-state index in [0.29, 0.717) is 6.20 Å². The van der Waals surface area contributed by atoms with Crippen LogP contribution in [-0.4, -0.2) is 42.8 Å². The summed E-state index contributed by atoms with van der Waals surface area (Å²) in [5.41, 5.74) is -2.12. The van der Waals surface area contributed by atoms with Crippen molar-refractivity contribution in [2.45, 2.75) is 37.9 Å². The summed E-state index contributed by atoms with van der Waals surface area (Å²) in [6.07, 6.45) is -4.14. The Kier molecular flexibility index (Phi) is 4.66. The Morgan fingerprint density at radius 2 is 2.18 bits per heavy atom. The Morgan fingerprint density at radius 1 is 1.55 bits per heavy atom. The van der Waals surface area contributed by atoms with Crippen LogP contribution in [0.1, 0.15) is 19.6 Å². The number of phosphoric ester groups is 1. The van der Waals surface area contributed by atoms with E-state index in [4.69, 9.17) is 14.5 Å². The average Bonchev–Trinajstić information content (AvgIpc) is 2.73. The molecule has 1 aromatic rings. The molecule has 0 radical (unpaired) electrons. The van der Waals surface area contributed by atoms with E-state index >= 15 is 0 Å². The van der Waals surface area contributed by atoms with Gasteiger partial charge < -0.3 is 19.6 Å². The van der Waals surface area contributed by atoms with E-state index in [1.54, 1.807) is 4.98 Å². The highest BCUT2D eigenvalue weighted by atomic mass is 31.2. The first kappa shape index (κ1) is 17.0. The second-order valence-electron chi connectivity index (χ2n) is 4.80. The molecule has 1 aliphatic heterocycles. The summed E-state index contributed by atoms with van der Waals surface area (Å²) in [5, 5.41) is 9.86. The molecule has 0 bridgehead atoms. The fraction of sp³-hybridized carbons (Fsp3) is 0.600. The van der Waals surface area contributed by atoms with Gasteiger partial charge in [-0.05, 0) is 6.92 Å². The minimum atomic E-state index is -4.78. The van der Waals surface area contributed by atoms with E-state index in [1.165, 1.54) is 6.92 Å². The normalized spacial score (nSPS) is 27.0. The standard InChI is InChI=1S/C10H14FN2O8P/c1-4(21-22(17,18)19)8-6(14)2-7(20-8)13-3-5(11)9(15)12-10(13)16/h3-4,6-8,14H,2H2,1H3,(H,12,15,16)(H2,17,18,19)/t4-,6?,7-,8-/m1/s1. The van der Waals surface area contributed by atoms with Gasteiger partial charge in [0.05, 0.1) is 18.4 Å². The minimum absolute atomic E-state index is 0.148. The van der Waals surface area contributed by atoms with Crippen LogP contribution in [0.3, 0.4) is 0 Å². The number of aromatic nitrogens is 2. The van der Waals surface area contributed by atoms with Gasteiger partial charge >= 0.3 is 13.5 Å². The molecule has 0 aliphatic carbocycles. The number of nitrogens with one attached hydrogen (secondary N) is 1. The molecule has 4 N–H and O–H groups in total. The third kappa shape index (κ3) is 3.69. The lowest BCUT2D eigenvalue weighted by Gasteiger charge is -2.22. The van der Waals surface area contributed by atoms with Gasteiger partial charge in [-0.3, -0.25) is 18.9 Å². The maximum absolute atomic E-state index is 13.2. The molecule has 2 rings (SSSR count). The van der Waals surface area contributed by atoms with Crippen molar-refractivity contribution >= 4 is 7.82 Å². The first-order chi connectivity index (χ1) is 10.1.